The fourth-order valence-electron chi connectivity index (χ4n) is 7.71. The minimum absolute atomic E-state index is 0.167. The van der Waals surface area contributed by atoms with Gasteiger partial charge in [0, 0.05) is 52.4 Å². The molecule has 0 saturated heterocycles. The number of methoxy groups -OCH3 is 1. The highest BCUT2D eigenvalue weighted by Crippen LogP contribution is 2.11. The molecular formula is C52H102N4O8. The number of rotatable bonds is 49. The second kappa shape index (κ2) is 47.2. The van der Waals surface area contributed by atoms with Crippen LogP contribution in [0.1, 0.15) is 207 Å². The predicted molar refractivity (Wildman–Crippen MR) is 264 cm³/mol. The Hall–Kier alpha value is -2.28. The van der Waals surface area contributed by atoms with E-state index in [1.54, 1.807) is 0 Å². The molecule has 0 aromatic heterocycles. The highest BCUT2D eigenvalue weighted by Gasteiger charge is 2.15. The quantitative estimate of drug-likeness (QED) is 0.0328. The molecule has 0 amide bonds. The molecule has 0 N–H and O–H groups in total. The molecule has 12 nitrogen and oxygen atoms in total. The van der Waals surface area contributed by atoms with Crippen LogP contribution >= 0.6 is 0 Å². The Balaban J connectivity index is 4.75. The Labute approximate surface area is 393 Å². The monoisotopic (exact) mass is 911 g/mol. The highest BCUT2D eigenvalue weighted by atomic mass is 16.5. The van der Waals surface area contributed by atoms with Gasteiger partial charge >= 0.3 is 23.9 Å². The van der Waals surface area contributed by atoms with Gasteiger partial charge in [0.15, 0.2) is 0 Å². The van der Waals surface area contributed by atoms with Crippen LogP contribution in [0.15, 0.2) is 0 Å². The van der Waals surface area contributed by atoms with Crippen molar-refractivity contribution in [2.75, 3.05) is 106 Å². The van der Waals surface area contributed by atoms with E-state index in [-0.39, 0.29) is 30.3 Å². The number of esters is 4. The Morgan fingerprint density at radius 1 is 0.312 bits per heavy atom. The van der Waals surface area contributed by atoms with Crippen molar-refractivity contribution in [2.45, 2.75) is 207 Å². The summed E-state index contributed by atoms with van der Waals surface area (Å²) in [5.41, 5.74) is 0. The van der Waals surface area contributed by atoms with E-state index in [1.165, 1.54) is 123 Å². The lowest BCUT2D eigenvalue weighted by Crippen LogP contribution is -2.38. The second-order valence-electron chi connectivity index (χ2n) is 18.3. The van der Waals surface area contributed by atoms with Gasteiger partial charge in [0.25, 0.3) is 0 Å². The Kier molecular flexibility index (Phi) is 45.5. The molecule has 0 atom stereocenters. The summed E-state index contributed by atoms with van der Waals surface area (Å²) in [5, 5.41) is 0. The first-order valence-corrected chi connectivity index (χ1v) is 26.5. The average molecular weight is 911 g/mol. The predicted octanol–water partition coefficient (Wildman–Crippen LogP) is 10.6. The standard InChI is InChI=1S/C52H102N4O8/c1-7-10-13-16-19-22-25-28-46-62-50(58)33-39-55(38-32-49(57)61-6)44-42-53(4)36-31-37-54(5)43-45-56(40-34-51(59)63-47-29-26-23-20-17-14-11-8-2)41-35-52(60)64-48-30-27-24-21-18-15-12-9-3/h7-48H2,1-6H3. The second-order valence-corrected chi connectivity index (χ2v) is 18.3. The zero-order valence-electron chi connectivity index (χ0n) is 42.8. The number of unbranched alkanes of at least 4 members (excludes halogenated alkanes) is 21. The van der Waals surface area contributed by atoms with Gasteiger partial charge in [0.2, 0.25) is 0 Å². The first-order valence-electron chi connectivity index (χ1n) is 26.5. The van der Waals surface area contributed by atoms with Crippen LogP contribution in [-0.4, -0.2) is 150 Å². The van der Waals surface area contributed by atoms with Crippen LogP contribution in [0.25, 0.3) is 0 Å². The lowest BCUT2D eigenvalue weighted by atomic mass is 10.1. The lowest BCUT2D eigenvalue weighted by Gasteiger charge is -2.27. The van der Waals surface area contributed by atoms with E-state index >= 15 is 0 Å². The maximum atomic E-state index is 12.7. The molecule has 0 spiro atoms. The first kappa shape index (κ1) is 61.7. The number of hydrogen-bond donors (Lipinski definition) is 0. The molecule has 0 radical (unpaired) electrons. The Morgan fingerprint density at radius 3 is 0.859 bits per heavy atom. The van der Waals surface area contributed by atoms with E-state index in [1.807, 2.05) is 0 Å². The van der Waals surface area contributed by atoms with Gasteiger partial charge in [-0.1, -0.05) is 156 Å². The molecule has 12 heteroatoms. The van der Waals surface area contributed by atoms with Crippen molar-refractivity contribution in [3.63, 3.8) is 0 Å². The van der Waals surface area contributed by atoms with Gasteiger partial charge < -0.3 is 38.5 Å². The molecule has 0 aliphatic heterocycles. The molecule has 378 valence electrons. The zero-order chi connectivity index (χ0) is 47.1. The van der Waals surface area contributed by atoms with Crippen LogP contribution in [0.5, 0.6) is 0 Å². The molecule has 0 saturated carbocycles. The van der Waals surface area contributed by atoms with Gasteiger partial charge in [-0.25, -0.2) is 0 Å². The maximum absolute atomic E-state index is 12.7. The van der Waals surface area contributed by atoms with Gasteiger partial charge in [-0.2, -0.15) is 0 Å². The highest BCUT2D eigenvalue weighted by molar-refractivity contribution is 5.70. The summed E-state index contributed by atoms with van der Waals surface area (Å²) in [5.74, 6) is -0.761. The third kappa shape index (κ3) is 43.6. The maximum Gasteiger partial charge on any atom is 0.307 e. The number of ether oxygens (including phenoxy) is 4. The molecule has 0 rings (SSSR count). The third-order valence-corrected chi connectivity index (χ3v) is 12.2. The number of likely N-dealkylation sites (N-methyl/N-ethyl adjacent to an activating group) is 2. The summed E-state index contributed by atoms with van der Waals surface area (Å²) >= 11 is 0. The van der Waals surface area contributed by atoms with Crippen molar-refractivity contribution < 1.29 is 38.1 Å². The summed E-state index contributed by atoms with van der Waals surface area (Å²) in [6.07, 6.45) is 31.2. The average Bonchev–Trinajstić information content (AvgIpc) is 3.29. The first-order chi connectivity index (χ1) is 31.1. The zero-order valence-corrected chi connectivity index (χ0v) is 42.8. The fourth-order valence-corrected chi connectivity index (χ4v) is 7.71. The Bertz CT molecular complexity index is 1040. The van der Waals surface area contributed by atoms with Gasteiger partial charge in [-0.15, -0.1) is 0 Å². The molecular weight excluding hydrogens is 809 g/mol. The topological polar surface area (TPSA) is 118 Å². The summed E-state index contributed by atoms with van der Waals surface area (Å²) in [4.78, 5) is 58.7. The molecule has 0 aromatic carbocycles. The lowest BCUT2D eigenvalue weighted by molar-refractivity contribution is -0.145. The van der Waals surface area contributed by atoms with E-state index in [2.05, 4.69) is 54.5 Å². The van der Waals surface area contributed by atoms with E-state index in [0.717, 1.165) is 84.2 Å². The van der Waals surface area contributed by atoms with Gasteiger partial charge in [-0.3, -0.25) is 19.2 Å². The van der Waals surface area contributed by atoms with Crippen LogP contribution < -0.4 is 0 Å². The molecule has 0 aromatic rings. The summed E-state index contributed by atoms with van der Waals surface area (Å²) in [6.45, 7) is 15.3. The number of carbonyl (C=O) groups excluding carboxylic acids is 4. The summed E-state index contributed by atoms with van der Waals surface area (Å²) < 4.78 is 21.6. The van der Waals surface area contributed by atoms with Crippen LogP contribution in [0, 0.1) is 0 Å². The van der Waals surface area contributed by atoms with E-state index < -0.39 is 0 Å². The largest absolute Gasteiger partial charge is 0.469 e. The van der Waals surface area contributed by atoms with Crippen molar-refractivity contribution >= 4 is 23.9 Å². The molecule has 0 heterocycles. The number of carbonyl (C=O) groups is 4. The van der Waals surface area contributed by atoms with Crippen LogP contribution in [-0.2, 0) is 38.1 Å². The van der Waals surface area contributed by atoms with Crippen LogP contribution in [0.4, 0.5) is 0 Å². The number of nitrogens with zero attached hydrogens (tertiary/aromatic N) is 4. The van der Waals surface area contributed by atoms with Crippen LogP contribution in [0.2, 0.25) is 0 Å². The van der Waals surface area contributed by atoms with Crippen molar-refractivity contribution in [2.24, 2.45) is 0 Å². The van der Waals surface area contributed by atoms with Gasteiger partial charge in [0.05, 0.1) is 52.6 Å². The molecule has 0 fully saturated rings. The van der Waals surface area contributed by atoms with Crippen molar-refractivity contribution in [1.29, 1.82) is 0 Å². The smallest absolute Gasteiger partial charge is 0.307 e. The molecule has 64 heavy (non-hydrogen) atoms. The normalized spacial score (nSPS) is 11.6. The van der Waals surface area contributed by atoms with Gasteiger partial charge in [-0.05, 0) is 52.9 Å². The summed E-state index contributed by atoms with van der Waals surface area (Å²) in [7, 11) is 5.64. The summed E-state index contributed by atoms with van der Waals surface area (Å²) in [6, 6.07) is 0. The van der Waals surface area contributed by atoms with Gasteiger partial charge in [0.1, 0.15) is 0 Å². The number of hydrogen-bond acceptors (Lipinski definition) is 12. The third-order valence-electron chi connectivity index (χ3n) is 12.2. The Morgan fingerprint density at radius 2 is 0.578 bits per heavy atom. The molecule has 0 aliphatic carbocycles. The molecule has 0 bridgehead atoms. The van der Waals surface area contributed by atoms with E-state index in [0.29, 0.717) is 65.3 Å². The van der Waals surface area contributed by atoms with E-state index in [9.17, 15) is 19.2 Å². The molecule has 0 unspecified atom stereocenters. The minimum atomic E-state index is -0.250. The van der Waals surface area contributed by atoms with Crippen molar-refractivity contribution in [3.8, 4) is 0 Å². The van der Waals surface area contributed by atoms with Crippen molar-refractivity contribution in [1.82, 2.24) is 19.6 Å². The SMILES string of the molecule is CCCCCCCCCCOC(=O)CCN(CCC(=O)OC)CCN(C)CCCN(C)CCN(CCC(=O)OCCCCCCCCCC)CCC(=O)OCCCCCCCCCC. The van der Waals surface area contributed by atoms with Crippen LogP contribution in [0.3, 0.4) is 0 Å². The molecule has 0 aliphatic rings. The van der Waals surface area contributed by atoms with E-state index in [4.69, 9.17) is 18.9 Å². The van der Waals surface area contributed by atoms with Crippen molar-refractivity contribution in [3.05, 3.63) is 0 Å². The fraction of sp³-hybridized carbons (Fsp3) is 0.923. The minimum Gasteiger partial charge on any atom is -0.469 e.